The summed E-state index contributed by atoms with van der Waals surface area (Å²) in [5.74, 6) is -0.165. The number of carbonyl (C=O) groups is 2. The zero-order chi connectivity index (χ0) is 22.3. The molecule has 162 valence electrons. The standard InChI is InChI=1S/C21H19F3N4O3/c22-21(23,24)15-6-9-18(27-13-15)25-10-2-11-26-19(29)14-4-7-16(8-5-14)28-20(30)17-3-1-12-31-17/h1,3-9,12-13H,2,10-11H2,(H,25,27)(H,26,29)(H,28,30). The van der Waals surface area contributed by atoms with Crippen molar-refractivity contribution in [3.8, 4) is 0 Å². The highest BCUT2D eigenvalue weighted by Gasteiger charge is 2.30. The molecule has 3 rings (SSSR count). The van der Waals surface area contributed by atoms with Crippen molar-refractivity contribution >= 4 is 23.3 Å². The summed E-state index contributed by atoms with van der Waals surface area (Å²) < 4.78 is 42.5. The van der Waals surface area contributed by atoms with Crippen molar-refractivity contribution in [1.82, 2.24) is 10.3 Å². The van der Waals surface area contributed by atoms with E-state index in [2.05, 4.69) is 20.9 Å². The minimum absolute atomic E-state index is 0.182. The first-order chi connectivity index (χ1) is 14.8. The number of furan rings is 1. The van der Waals surface area contributed by atoms with Crippen LogP contribution in [0, 0.1) is 0 Å². The number of anilines is 2. The fourth-order valence-electron chi connectivity index (χ4n) is 2.58. The van der Waals surface area contributed by atoms with Gasteiger partial charge >= 0.3 is 6.18 Å². The van der Waals surface area contributed by atoms with Crippen molar-refractivity contribution in [2.45, 2.75) is 12.6 Å². The van der Waals surface area contributed by atoms with Crippen molar-refractivity contribution < 1.29 is 27.2 Å². The van der Waals surface area contributed by atoms with Gasteiger partial charge in [0.25, 0.3) is 11.8 Å². The molecule has 0 aliphatic rings. The predicted molar refractivity (Wildman–Crippen MR) is 108 cm³/mol. The summed E-state index contributed by atoms with van der Waals surface area (Å²) in [5, 5.41) is 8.30. The second kappa shape index (κ2) is 9.79. The molecule has 0 bridgehead atoms. The smallest absolute Gasteiger partial charge is 0.417 e. The number of benzene rings is 1. The number of hydrogen-bond acceptors (Lipinski definition) is 5. The molecule has 2 heterocycles. The van der Waals surface area contributed by atoms with Crippen LogP contribution in [0.5, 0.6) is 0 Å². The molecule has 10 heteroatoms. The molecule has 0 spiro atoms. The van der Waals surface area contributed by atoms with Gasteiger partial charge in [-0.2, -0.15) is 13.2 Å². The molecule has 0 aliphatic carbocycles. The molecule has 2 amide bonds. The van der Waals surface area contributed by atoms with Crippen LogP contribution in [0.1, 0.15) is 32.9 Å². The van der Waals surface area contributed by atoms with Gasteiger partial charge in [-0.25, -0.2) is 4.98 Å². The molecule has 31 heavy (non-hydrogen) atoms. The molecule has 3 aromatic rings. The normalized spacial score (nSPS) is 11.1. The quantitative estimate of drug-likeness (QED) is 0.464. The summed E-state index contributed by atoms with van der Waals surface area (Å²) in [6.45, 7) is 0.792. The second-order valence-electron chi connectivity index (χ2n) is 6.47. The lowest BCUT2D eigenvalue weighted by molar-refractivity contribution is -0.137. The molecular weight excluding hydrogens is 413 g/mol. The fraction of sp³-hybridized carbons (Fsp3) is 0.190. The Bertz CT molecular complexity index is 1000. The van der Waals surface area contributed by atoms with Crippen LogP contribution in [0.25, 0.3) is 0 Å². The number of pyridine rings is 1. The van der Waals surface area contributed by atoms with E-state index in [1.807, 2.05) is 0 Å². The third-order valence-electron chi connectivity index (χ3n) is 4.19. The summed E-state index contributed by atoms with van der Waals surface area (Å²) in [6.07, 6.45) is -1.70. The number of alkyl halides is 3. The van der Waals surface area contributed by atoms with Crippen LogP contribution in [0.15, 0.2) is 65.4 Å². The van der Waals surface area contributed by atoms with Crippen LogP contribution >= 0.6 is 0 Å². The van der Waals surface area contributed by atoms with Crippen LogP contribution in [-0.4, -0.2) is 29.9 Å². The molecule has 0 aliphatic heterocycles. The summed E-state index contributed by atoms with van der Waals surface area (Å²) in [5.41, 5.74) is 0.136. The Kier molecular flexibility index (Phi) is 6.91. The number of rotatable bonds is 8. The maximum atomic E-state index is 12.5. The summed E-state index contributed by atoms with van der Waals surface area (Å²) in [6, 6.07) is 11.7. The first-order valence-corrected chi connectivity index (χ1v) is 9.33. The van der Waals surface area contributed by atoms with Gasteiger partial charge in [-0.1, -0.05) is 0 Å². The van der Waals surface area contributed by atoms with Crippen LogP contribution < -0.4 is 16.0 Å². The zero-order valence-electron chi connectivity index (χ0n) is 16.2. The van der Waals surface area contributed by atoms with E-state index >= 15 is 0 Å². The van der Waals surface area contributed by atoms with Gasteiger partial charge in [-0.05, 0) is 55.0 Å². The summed E-state index contributed by atoms with van der Waals surface area (Å²) >= 11 is 0. The highest BCUT2D eigenvalue weighted by Crippen LogP contribution is 2.28. The third kappa shape index (κ3) is 6.33. The molecule has 0 radical (unpaired) electrons. The lowest BCUT2D eigenvalue weighted by atomic mass is 10.2. The van der Waals surface area contributed by atoms with Crippen LogP contribution in [0.3, 0.4) is 0 Å². The number of aromatic nitrogens is 1. The first-order valence-electron chi connectivity index (χ1n) is 9.33. The van der Waals surface area contributed by atoms with Gasteiger partial charge in [0.2, 0.25) is 0 Å². The Hall–Kier alpha value is -3.82. The number of halogens is 3. The molecule has 0 saturated heterocycles. The van der Waals surface area contributed by atoms with Crippen molar-refractivity contribution in [1.29, 1.82) is 0 Å². The number of carbonyl (C=O) groups excluding carboxylic acids is 2. The highest BCUT2D eigenvalue weighted by atomic mass is 19.4. The largest absolute Gasteiger partial charge is 0.459 e. The van der Waals surface area contributed by atoms with Crippen LogP contribution in [0.2, 0.25) is 0 Å². The van der Waals surface area contributed by atoms with Gasteiger partial charge in [0.15, 0.2) is 5.76 Å². The van der Waals surface area contributed by atoms with E-state index < -0.39 is 17.6 Å². The lowest BCUT2D eigenvalue weighted by Crippen LogP contribution is -2.25. The second-order valence-corrected chi connectivity index (χ2v) is 6.47. The van der Waals surface area contributed by atoms with Gasteiger partial charge in [-0.15, -0.1) is 0 Å². The Morgan fingerprint density at radius 1 is 0.968 bits per heavy atom. The molecule has 3 N–H and O–H groups in total. The van der Waals surface area contributed by atoms with Crippen molar-refractivity contribution in [3.05, 3.63) is 77.9 Å². The number of hydrogen-bond donors (Lipinski definition) is 3. The fourth-order valence-corrected chi connectivity index (χ4v) is 2.58. The predicted octanol–water partition coefficient (Wildman–Crippen LogP) is 4.18. The van der Waals surface area contributed by atoms with E-state index in [4.69, 9.17) is 4.42 Å². The SMILES string of the molecule is O=C(NCCCNc1ccc(C(F)(F)F)cn1)c1ccc(NC(=O)c2ccco2)cc1. The minimum Gasteiger partial charge on any atom is -0.459 e. The Morgan fingerprint density at radius 3 is 2.35 bits per heavy atom. The molecule has 2 aromatic heterocycles. The van der Waals surface area contributed by atoms with Gasteiger partial charge < -0.3 is 20.4 Å². The van der Waals surface area contributed by atoms with E-state index in [9.17, 15) is 22.8 Å². The number of amides is 2. The Morgan fingerprint density at radius 2 is 1.74 bits per heavy atom. The van der Waals surface area contributed by atoms with Gasteiger partial charge in [0.05, 0.1) is 11.8 Å². The first kappa shape index (κ1) is 21.9. The highest BCUT2D eigenvalue weighted by molar-refractivity contribution is 6.02. The molecule has 0 unspecified atom stereocenters. The van der Waals surface area contributed by atoms with Crippen molar-refractivity contribution in [2.75, 3.05) is 23.7 Å². The lowest BCUT2D eigenvalue weighted by Gasteiger charge is -2.09. The average molecular weight is 432 g/mol. The third-order valence-corrected chi connectivity index (χ3v) is 4.19. The average Bonchev–Trinajstić information content (AvgIpc) is 3.29. The summed E-state index contributed by atoms with van der Waals surface area (Å²) in [4.78, 5) is 27.8. The zero-order valence-corrected chi connectivity index (χ0v) is 16.2. The minimum atomic E-state index is -4.42. The molecule has 1 aromatic carbocycles. The van der Waals surface area contributed by atoms with Gasteiger partial charge in [0, 0.05) is 30.5 Å². The summed E-state index contributed by atoms with van der Waals surface area (Å²) in [7, 11) is 0. The molecule has 0 saturated carbocycles. The van der Waals surface area contributed by atoms with Crippen molar-refractivity contribution in [3.63, 3.8) is 0 Å². The van der Waals surface area contributed by atoms with E-state index in [0.717, 1.165) is 12.3 Å². The number of nitrogens with one attached hydrogen (secondary N) is 3. The van der Waals surface area contributed by atoms with E-state index in [-0.39, 0.29) is 11.7 Å². The maximum Gasteiger partial charge on any atom is 0.417 e. The van der Waals surface area contributed by atoms with Crippen molar-refractivity contribution in [2.24, 2.45) is 0 Å². The maximum absolute atomic E-state index is 12.5. The molecular formula is C21H19F3N4O3. The van der Waals surface area contributed by atoms with Crippen LogP contribution in [0.4, 0.5) is 24.7 Å². The molecule has 7 nitrogen and oxygen atoms in total. The monoisotopic (exact) mass is 432 g/mol. The van der Waals surface area contributed by atoms with Crippen LogP contribution in [-0.2, 0) is 6.18 Å². The Labute approximate surface area is 175 Å². The number of nitrogens with zero attached hydrogens (tertiary/aromatic N) is 1. The van der Waals surface area contributed by atoms with E-state index in [1.54, 1.807) is 36.4 Å². The topological polar surface area (TPSA) is 96.3 Å². The molecule has 0 atom stereocenters. The molecule has 0 fully saturated rings. The van der Waals surface area contributed by atoms with Gasteiger partial charge in [-0.3, -0.25) is 9.59 Å². The van der Waals surface area contributed by atoms with E-state index in [0.29, 0.717) is 36.6 Å². The Balaban J connectivity index is 1.38. The van der Waals surface area contributed by atoms with E-state index in [1.165, 1.54) is 12.3 Å². The van der Waals surface area contributed by atoms with Gasteiger partial charge in [0.1, 0.15) is 5.82 Å².